The van der Waals surface area contributed by atoms with Crippen LogP contribution in [-0.4, -0.2) is 9.55 Å². The summed E-state index contributed by atoms with van der Waals surface area (Å²) < 4.78 is 1.60. The zero-order valence-electron chi connectivity index (χ0n) is 13.0. The Bertz CT molecular complexity index is 896. The molecule has 0 aliphatic carbocycles. The molecule has 1 heterocycles. The van der Waals surface area contributed by atoms with Crippen LogP contribution >= 0.6 is 0 Å². The van der Waals surface area contributed by atoms with Gasteiger partial charge in [0.2, 0.25) is 0 Å². The summed E-state index contributed by atoms with van der Waals surface area (Å²) in [4.78, 5) is 17.5. The minimum atomic E-state index is -0.175. The van der Waals surface area contributed by atoms with Crippen molar-refractivity contribution >= 4 is 10.9 Å². The molecule has 0 saturated carbocycles. The van der Waals surface area contributed by atoms with Crippen LogP contribution in [0.15, 0.2) is 47.3 Å². The first-order valence-electron chi connectivity index (χ1n) is 7.31. The maximum Gasteiger partial charge on any atom is 0.261 e. The molecule has 0 aliphatic rings. The summed E-state index contributed by atoms with van der Waals surface area (Å²) in [5, 5.41) is 0.620. The van der Waals surface area contributed by atoms with Crippen LogP contribution in [0.2, 0.25) is 0 Å². The van der Waals surface area contributed by atoms with Crippen molar-refractivity contribution < 1.29 is 0 Å². The minimum absolute atomic E-state index is 0.0468. The molecule has 0 spiro atoms. The van der Waals surface area contributed by atoms with Gasteiger partial charge in [-0.25, -0.2) is 4.98 Å². The molecule has 3 rings (SSSR count). The minimum Gasteiger partial charge on any atom is -0.324 e. The molecule has 4 heteroatoms. The molecular weight excluding hydrogens is 274 g/mol. The second-order valence-corrected chi connectivity index (χ2v) is 5.70. The number of hydrogen-bond acceptors (Lipinski definition) is 3. The number of nitrogens with two attached hydrogens (primary N) is 1. The van der Waals surface area contributed by atoms with E-state index in [0.717, 1.165) is 16.7 Å². The van der Waals surface area contributed by atoms with Crippen molar-refractivity contribution in [2.75, 3.05) is 0 Å². The lowest BCUT2D eigenvalue weighted by Crippen LogP contribution is -2.21. The normalized spacial score (nSPS) is 12.5. The Morgan fingerprint density at radius 1 is 1.18 bits per heavy atom. The van der Waals surface area contributed by atoms with E-state index in [2.05, 4.69) is 0 Å². The topological polar surface area (TPSA) is 60.9 Å². The quantitative estimate of drug-likeness (QED) is 0.790. The molecule has 0 radical (unpaired) electrons. The summed E-state index contributed by atoms with van der Waals surface area (Å²) in [5.41, 5.74) is 9.57. The van der Waals surface area contributed by atoms with Crippen molar-refractivity contribution in [1.82, 2.24) is 9.55 Å². The zero-order valence-corrected chi connectivity index (χ0v) is 13.0. The lowest BCUT2D eigenvalue weighted by Gasteiger charge is -2.14. The second kappa shape index (κ2) is 5.39. The van der Waals surface area contributed by atoms with Crippen molar-refractivity contribution in [3.05, 3.63) is 63.9 Å². The Morgan fingerprint density at radius 2 is 1.86 bits per heavy atom. The highest BCUT2D eigenvalue weighted by Gasteiger charge is 2.15. The van der Waals surface area contributed by atoms with E-state index in [4.69, 9.17) is 10.7 Å². The second-order valence-electron chi connectivity index (χ2n) is 5.70. The number of aromatic nitrogens is 2. The van der Waals surface area contributed by atoms with Crippen LogP contribution in [0.3, 0.4) is 0 Å². The van der Waals surface area contributed by atoms with E-state index in [1.165, 1.54) is 0 Å². The Morgan fingerprint density at radius 3 is 2.50 bits per heavy atom. The monoisotopic (exact) mass is 293 g/mol. The van der Waals surface area contributed by atoms with E-state index < -0.39 is 0 Å². The van der Waals surface area contributed by atoms with Crippen LogP contribution < -0.4 is 11.3 Å². The number of nitrogens with zero attached hydrogens (tertiary/aromatic N) is 2. The summed E-state index contributed by atoms with van der Waals surface area (Å²) in [6.07, 6.45) is 0. The molecule has 1 atom stereocenters. The average Bonchev–Trinajstić information content (AvgIpc) is 2.51. The first-order valence-corrected chi connectivity index (χ1v) is 7.31. The Hall–Kier alpha value is -2.46. The fourth-order valence-corrected chi connectivity index (χ4v) is 2.74. The van der Waals surface area contributed by atoms with Gasteiger partial charge < -0.3 is 5.73 Å². The van der Waals surface area contributed by atoms with Crippen molar-refractivity contribution in [1.29, 1.82) is 0 Å². The van der Waals surface area contributed by atoms with Crippen LogP contribution in [0.25, 0.3) is 22.3 Å². The maximum atomic E-state index is 12.7. The third-order valence-electron chi connectivity index (χ3n) is 3.88. The number of rotatable bonds is 2. The first kappa shape index (κ1) is 14.5. The van der Waals surface area contributed by atoms with Crippen molar-refractivity contribution in [3.8, 4) is 11.4 Å². The smallest absolute Gasteiger partial charge is 0.261 e. The van der Waals surface area contributed by atoms with Crippen molar-refractivity contribution in [2.45, 2.75) is 19.9 Å². The van der Waals surface area contributed by atoms with Gasteiger partial charge in [-0.1, -0.05) is 36.4 Å². The predicted octanol–water partition coefficient (Wildman–Crippen LogP) is 2.93. The highest BCUT2D eigenvalue weighted by atomic mass is 16.1. The third kappa shape index (κ3) is 2.31. The van der Waals surface area contributed by atoms with Crippen LogP contribution in [0.5, 0.6) is 0 Å². The lowest BCUT2D eigenvalue weighted by molar-refractivity contribution is 0.814. The fraction of sp³-hybridized carbons (Fsp3) is 0.222. The number of hydrogen-bond donors (Lipinski definition) is 1. The molecule has 0 bridgehead atoms. The van der Waals surface area contributed by atoms with Gasteiger partial charge in [-0.15, -0.1) is 0 Å². The molecule has 22 heavy (non-hydrogen) atoms. The Balaban J connectivity index is 2.43. The number of benzene rings is 2. The largest absolute Gasteiger partial charge is 0.324 e. The van der Waals surface area contributed by atoms with E-state index in [0.29, 0.717) is 16.7 Å². The molecule has 112 valence electrons. The average molecular weight is 293 g/mol. The summed E-state index contributed by atoms with van der Waals surface area (Å²) in [6, 6.07) is 13.4. The molecular formula is C18H19N3O. The number of fused-ring (bicyclic) bond motifs is 1. The lowest BCUT2D eigenvalue weighted by atomic mass is 10.0. The molecule has 0 amide bonds. The van der Waals surface area contributed by atoms with E-state index in [1.54, 1.807) is 11.6 Å². The summed E-state index contributed by atoms with van der Waals surface area (Å²) >= 11 is 0. The molecule has 0 aliphatic heterocycles. The number of aryl methyl sites for hydroxylation is 1. The highest BCUT2D eigenvalue weighted by molar-refractivity contribution is 5.84. The van der Waals surface area contributed by atoms with Gasteiger partial charge in [0.05, 0.1) is 10.9 Å². The summed E-state index contributed by atoms with van der Waals surface area (Å²) in [6.45, 7) is 3.88. The van der Waals surface area contributed by atoms with Gasteiger partial charge in [0, 0.05) is 18.7 Å². The standard InChI is InChI=1S/C18H19N3O/c1-11-9-14(12(2)19)16-15(10-11)18(22)21(3)17(20-16)13-7-5-4-6-8-13/h4-10,12H,19H2,1-3H3. The van der Waals surface area contributed by atoms with Gasteiger partial charge in [0.15, 0.2) is 0 Å². The highest BCUT2D eigenvalue weighted by Crippen LogP contribution is 2.24. The molecule has 0 fully saturated rings. The van der Waals surface area contributed by atoms with Crippen LogP contribution in [-0.2, 0) is 7.05 Å². The van der Waals surface area contributed by atoms with Gasteiger partial charge in [-0.3, -0.25) is 9.36 Å². The van der Waals surface area contributed by atoms with Crippen molar-refractivity contribution in [2.24, 2.45) is 12.8 Å². The first-order chi connectivity index (χ1) is 10.5. The Labute approximate surface area is 129 Å². The van der Waals surface area contributed by atoms with Gasteiger partial charge in [-0.05, 0) is 31.0 Å². The van der Waals surface area contributed by atoms with Gasteiger partial charge in [0.1, 0.15) is 5.82 Å². The third-order valence-corrected chi connectivity index (χ3v) is 3.88. The predicted molar refractivity (Wildman–Crippen MR) is 89.8 cm³/mol. The molecule has 1 unspecified atom stereocenters. The van der Waals surface area contributed by atoms with Gasteiger partial charge in [0.25, 0.3) is 5.56 Å². The van der Waals surface area contributed by atoms with E-state index >= 15 is 0 Å². The van der Waals surface area contributed by atoms with Gasteiger partial charge in [-0.2, -0.15) is 0 Å². The summed E-state index contributed by atoms with van der Waals surface area (Å²) in [7, 11) is 1.75. The van der Waals surface area contributed by atoms with Crippen LogP contribution in [0.4, 0.5) is 0 Å². The Kier molecular flexibility index (Phi) is 3.54. The SMILES string of the molecule is Cc1cc(C(C)N)c2nc(-c3ccccc3)n(C)c(=O)c2c1. The molecule has 1 aromatic heterocycles. The van der Waals surface area contributed by atoms with Crippen LogP contribution in [0.1, 0.15) is 24.1 Å². The summed E-state index contributed by atoms with van der Waals surface area (Å²) in [5.74, 6) is 0.656. The van der Waals surface area contributed by atoms with Crippen molar-refractivity contribution in [3.63, 3.8) is 0 Å². The molecule has 0 saturated heterocycles. The molecule has 2 aromatic carbocycles. The van der Waals surface area contributed by atoms with Gasteiger partial charge >= 0.3 is 0 Å². The molecule has 2 N–H and O–H groups in total. The molecule has 3 aromatic rings. The zero-order chi connectivity index (χ0) is 15.9. The van der Waals surface area contributed by atoms with E-state index in [1.807, 2.05) is 56.3 Å². The molecule has 4 nitrogen and oxygen atoms in total. The fourth-order valence-electron chi connectivity index (χ4n) is 2.74. The van der Waals surface area contributed by atoms with E-state index in [9.17, 15) is 4.79 Å². The van der Waals surface area contributed by atoms with Crippen LogP contribution in [0, 0.1) is 6.92 Å². The van der Waals surface area contributed by atoms with E-state index in [-0.39, 0.29) is 11.6 Å². The maximum absolute atomic E-state index is 12.7.